The topological polar surface area (TPSA) is 26.0 Å². The van der Waals surface area contributed by atoms with Gasteiger partial charge in [-0.2, -0.15) is 0 Å². The van der Waals surface area contributed by atoms with Gasteiger partial charge in [0, 0.05) is 11.6 Å². The number of hydrogen-bond acceptors (Lipinski definition) is 1. The van der Waals surface area contributed by atoms with E-state index in [1.54, 1.807) is 6.07 Å². The van der Waals surface area contributed by atoms with E-state index in [9.17, 15) is 8.78 Å². The highest BCUT2D eigenvalue weighted by Crippen LogP contribution is 2.40. The summed E-state index contributed by atoms with van der Waals surface area (Å²) in [5.41, 5.74) is 6.07. The molecule has 0 radical (unpaired) electrons. The highest BCUT2D eigenvalue weighted by molar-refractivity contribution is 5.23. The van der Waals surface area contributed by atoms with Gasteiger partial charge in [0.05, 0.1) is 0 Å². The molecule has 1 aliphatic rings. The monoisotopic (exact) mass is 183 g/mol. The third-order valence-electron chi connectivity index (χ3n) is 2.47. The van der Waals surface area contributed by atoms with E-state index in [-0.39, 0.29) is 6.04 Å². The van der Waals surface area contributed by atoms with Crippen LogP contribution in [0, 0.1) is 17.6 Å². The second kappa shape index (κ2) is 3.07. The lowest BCUT2D eigenvalue weighted by atomic mass is 10.0. The third-order valence-corrected chi connectivity index (χ3v) is 2.47. The molecule has 0 heterocycles. The average Bonchev–Trinajstić information content (AvgIpc) is 2.91. The minimum Gasteiger partial charge on any atom is -0.324 e. The van der Waals surface area contributed by atoms with Crippen LogP contribution in [0.4, 0.5) is 8.78 Å². The van der Waals surface area contributed by atoms with E-state index in [1.807, 2.05) is 0 Å². The van der Waals surface area contributed by atoms with Crippen LogP contribution in [0.2, 0.25) is 0 Å². The van der Waals surface area contributed by atoms with Gasteiger partial charge in [0.25, 0.3) is 0 Å². The largest absolute Gasteiger partial charge is 0.324 e. The highest BCUT2D eigenvalue weighted by atomic mass is 19.2. The molecule has 2 N–H and O–H groups in total. The Morgan fingerprint density at radius 2 is 2.00 bits per heavy atom. The van der Waals surface area contributed by atoms with Crippen LogP contribution in [0.5, 0.6) is 0 Å². The summed E-state index contributed by atoms with van der Waals surface area (Å²) in [6, 6.07) is 3.83. The Hall–Kier alpha value is -0.960. The Labute approximate surface area is 75.6 Å². The van der Waals surface area contributed by atoms with Crippen LogP contribution in [0.1, 0.15) is 24.4 Å². The molecule has 1 fully saturated rings. The van der Waals surface area contributed by atoms with Gasteiger partial charge in [-0.05, 0) is 24.8 Å². The molecule has 1 aromatic rings. The molecule has 0 spiro atoms. The van der Waals surface area contributed by atoms with Crippen molar-refractivity contribution >= 4 is 0 Å². The molecule has 0 bridgehead atoms. The van der Waals surface area contributed by atoms with Crippen molar-refractivity contribution in [2.45, 2.75) is 18.9 Å². The van der Waals surface area contributed by atoms with Crippen LogP contribution in [-0.2, 0) is 0 Å². The standard InChI is InChI=1S/C10H11F2N/c11-8-3-1-2-7(9(8)12)10(13)6-4-5-6/h1-3,6,10H,4-5,13H2/t10-/m0/s1. The fourth-order valence-electron chi connectivity index (χ4n) is 1.49. The van der Waals surface area contributed by atoms with Crippen molar-refractivity contribution in [3.8, 4) is 0 Å². The van der Waals surface area contributed by atoms with Crippen molar-refractivity contribution in [2.75, 3.05) is 0 Å². The molecule has 1 aromatic carbocycles. The van der Waals surface area contributed by atoms with E-state index in [0.717, 1.165) is 18.9 Å². The maximum Gasteiger partial charge on any atom is 0.163 e. The third kappa shape index (κ3) is 1.56. The number of rotatable bonds is 2. The predicted molar refractivity (Wildman–Crippen MR) is 46.0 cm³/mol. The summed E-state index contributed by atoms with van der Waals surface area (Å²) in [5.74, 6) is -1.26. The number of benzene rings is 1. The molecule has 1 atom stereocenters. The Kier molecular flexibility index (Phi) is 2.04. The minimum absolute atomic E-state index is 0.308. The SMILES string of the molecule is N[C@H](c1cccc(F)c1F)C1CC1. The van der Waals surface area contributed by atoms with Crippen LogP contribution >= 0.6 is 0 Å². The smallest absolute Gasteiger partial charge is 0.163 e. The second-order valence-corrected chi connectivity index (χ2v) is 3.51. The predicted octanol–water partition coefficient (Wildman–Crippen LogP) is 2.37. The maximum absolute atomic E-state index is 13.2. The summed E-state index contributed by atoms with van der Waals surface area (Å²) in [7, 11) is 0. The highest BCUT2D eigenvalue weighted by Gasteiger charge is 2.31. The molecule has 1 nitrogen and oxygen atoms in total. The van der Waals surface area contributed by atoms with E-state index in [4.69, 9.17) is 5.73 Å². The molecule has 3 heteroatoms. The van der Waals surface area contributed by atoms with Crippen molar-refractivity contribution < 1.29 is 8.78 Å². The lowest BCUT2D eigenvalue weighted by molar-refractivity contribution is 0.480. The Morgan fingerprint density at radius 1 is 1.31 bits per heavy atom. The van der Waals surface area contributed by atoms with Gasteiger partial charge in [-0.15, -0.1) is 0 Å². The summed E-state index contributed by atoms with van der Waals surface area (Å²) < 4.78 is 26.0. The van der Waals surface area contributed by atoms with Crippen molar-refractivity contribution in [3.05, 3.63) is 35.4 Å². The number of halogens is 2. The van der Waals surface area contributed by atoms with E-state index >= 15 is 0 Å². The van der Waals surface area contributed by atoms with Crippen LogP contribution in [0.25, 0.3) is 0 Å². The number of nitrogens with two attached hydrogens (primary N) is 1. The van der Waals surface area contributed by atoms with Crippen LogP contribution in [0.3, 0.4) is 0 Å². The van der Waals surface area contributed by atoms with Gasteiger partial charge >= 0.3 is 0 Å². The van der Waals surface area contributed by atoms with Crippen molar-refractivity contribution in [3.63, 3.8) is 0 Å². The zero-order valence-corrected chi connectivity index (χ0v) is 7.13. The minimum atomic E-state index is -0.811. The Balaban J connectivity index is 2.32. The summed E-state index contributed by atoms with van der Waals surface area (Å²) >= 11 is 0. The average molecular weight is 183 g/mol. The number of hydrogen-bond donors (Lipinski definition) is 1. The first kappa shape index (κ1) is 8.63. The lowest BCUT2D eigenvalue weighted by Gasteiger charge is -2.11. The second-order valence-electron chi connectivity index (χ2n) is 3.51. The molecule has 0 amide bonds. The van der Waals surface area contributed by atoms with Crippen molar-refractivity contribution in [1.82, 2.24) is 0 Å². The normalized spacial score (nSPS) is 18.7. The molecule has 0 saturated heterocycles. The quantitative estimate of drug-likeness (QED) is 0.748. The Morgan fingerprint density at radius 3 is 2.62 bits per heavy atom. The van der Waals surface area contributed by atoms with Gasteiger partial charge in [0.15, 0.2) is 11.6 Å². The van der Waals surface area contributed by atoms with Gasteiger partial charge in [-0.25, -0.2) is 8.78 Å². The summed E-state index contributed by atoms with van der Waals surface area (Å²) in [6.45, 7) is 0. The van der Waals surface area contributed by atoms with Gasteiger partial charge < -0.3 is 5.73 Å². The first-order valence-corrected chi connectivity index (χ1v) is 4.39. The molecule has 13 heavy (non-hydrogen) atoms. The maximum atomic E-state index is 13.2. The zero-order valence-electron chi connectivity index (χ0n) is 7.13. The van der Waals surface area contributed by atoms with Crippen LogP contribution in [-0.4, -0.2) is 0 Å². The molecule has 1 saturated carbocycles. The summed E-state index contributed by atoms with van der Waals surface area (Å²) in [4.78, 5) is 0. The zero-order chi connectivity index (χ0) is 9.42. The van der Waals surface area contributed by atoms with Gasteiger partial charge in [0.1, 0.15) is 0 Å². The molecular weight excluding hydrogens is 172 g/mol. The molecule has 70 valence electrons. The fraction of sp³-hybridized carbons (Fsp3) is 0.400. The lowest BCUT2D eigenvalue weighted by Crippen LogP contribution is -2.14. The van der Waals surface area contributed by atoms with Crippen LogP contribution < -0.4 is 5.73 Å². The van der Waals surface area contributed by atoms with Crippen molar-refractivity contribution in [1.29, 1.82) is 0 Å². The van der Waals surface area contributed by atoms with E-state index < -0.39 is 11.6 Å². The van der Waals surface area contributed by atoms with E-state index in [1.165, 1.54) is 6.07 Å². The van der Waals surface area contributed by atoms with E-state index in [2.05, 4.69) is 0 Å². The van der Waals surface area contributed by atoms with Crippen molar-refractivity contribution in [2.24, 2.45) is 11.7 Å². The van der Waals surface area contributed by atoms with Gasteiger partial charge in [-0.3, -0.25) is 0 Å². The molecule has 0 aliphatic heterocycles. The van der Waals surface area contributed by atoms with Crippen LogP contribution in [0.15, 0.2) is 18.2 Å². The molecular formula is C10H11F2N. The summed E-state index contributed by atoms with van der Waals surface area (Å²) in [6.07, 6.45) is 2.05. The molecule has 0 aromatic heterocycles. The van der Waals surface area contributed by atoms with E-state index in [0.29, 0.717) is 11.5 Å². The fourth-order valence-corrected chi connectivity index (χ4v) is 1.49. The van der Waals surface area contributed by atoms with Gasteiger partial charge in [-0.1, -0.05) is 12.1 Å². The first-order valence-electron chi connectivity index (χ1n) is 4.39. The van der Waals surface area contributed by atoms with Gasteiger partial charge in [0.2, 0.25) is 0 Å². The molecule has 0 unspecified atom stereocenters. The summed E-state index contributed by atoms with van der Waals surface area (Å²) in [5, 5.41) is 0. The Bertz CT molecular complexity index is 321. The first-order chi connectivity index (χ1) is 6.20. The molecule has 1 aliphatic carbocycles. The molecule has 2 rings (SSSR count).